The van der Waals surface area contributed by atoms with Gasteiger partial charge in [-0.05, 0) is 49.7 Å². The lowest BCUT2D eigenvalue weighted by Gasteiger charge is -2.05. The number of anilines is 2. The van der Waals surface area contributed by atoms with Crippen LogP contribution in [0.25, 0.3) is 0 Å². The maximum absolute atomic E-state index is 12.1. The molecule has 0 fully saturated rings. The van der Waals surface area contributed by atoms with Crippen molar-refractivity contribution in [3.05, 3.63) is 65.5 Å². The van der Waals surface area contributed by atoms with Gasteiger partial charge in [-0.2, -0.15) is 5.26 Å². The summed E-state index contributed by atoms with van der Waals surface area (Å²) < 4.78 is 0. The molecule has 120 valence electrons. The van der Waals surface area contributed by atoms with E-state index in [1.165, 1.54) is 13.1 Å². The maximum atomic E-state index is 12.1. The molecule has 6 heteroatoms. The molecule has 1 heterocycles. The molecule has 2 N–H and O–H groups in total. The molecule has 2 rings (SSSR count). The van der Waals surface area contributed by atoms with Crippen molar-refractivity contribution in [2.75, 3.05) is 10.6 Å². The lowest BCUT2D eigenvalue weighted by Crippen LogP contribution is -2.14. The number of amides is 1. The van der Waals surface area contributed by atoms with Crippen LogP contribution in [0.2, 0.25) is 0 Å². The number of pyridine rings is 1. The van der Waals surface area contributed by atoms with E-state index in [0.29, 0.717) is 17.1 Å². The van der Waals surface area contributed by atoms with Gasteiger partial charge < -0.3 is 10.6 Å². The van der Waals surface area contributed by atoms with E-state index in [4.69, 9.17) is 5.26 Å². The third-order valence-corrected chi connectivity index (χ3v) is 3.19. The Bertz CT molecular complexity index is 816. The van der Waals surface area contributed by atoms with Gasteiger partial charge in [-0.3, -0.25) is 9.59 Å². The second-order valence-corrected chi connectivity index (χ2v) is 5.12. The van der Waals surface area contributed by atoms with Crippen molar-refractivity contribution in [1.29, 1.82) is 5.26 Å². The quantitative estimate of drug-likeness (QED) is 0.501. The molecule has 6 nitrogen and oxygen atoms in total. The largest absolute Gasteiger partial charge is 0.345 e. The molecule has 1 aromatic carbocycles. The lowest BCUT2D eigenvalue weighted by molar-refractivity contribution is -0.112. The Hall–Kier alpha value is -3.46. The Balaban J connectivity index is 2.05. The molecule has 0 aliphatic heterocycles. The van der Waals surface area contributed by atoms with Gasteiger partial charge in [0.15, 0.2) is 5.78 Å². The molecule has 0 spiro atoms. The molecule has 0 saturated heterocycles. The first kappa shape index (κ1) is 16.9. The van der Waals surface area contributed by atoms with E-state index in [1.807, 2.05) is 19.1 Å². The number of nitrogens with zero attached hydrogens (tertiary/aromatic N) is 2. The first-order chi connectivity index (χ1) is 11.5. The number of benzene rings is 1. The Labute approximate surface area is 139 Å². The van der Waals surface area contributed by atoms with E-state index in [9.17, 15) is 9.59 Å². The average Bonchev–Trinajstić information content (AvgIpc) is 2.57. The zero-order chi connectivity index (χ0) is 17.5. The molecule has 0 bridgehead atoms. The number of aromatic nitrogens is 1. The van der Waals surface area contributed by atoms with Gasteiger partial charge in [0, 0.05) is 23.6 Å². The number of hydrogen-bond acceptors (Lipinski definition) is 5. The summed E-state index contributed by atoms with van der Waals surface area (Å²) in [5.74, 6) is -0.0695. The van der Waals surface area contributed by atoms with Crippen LogP contribution in [0.15, 0.2) is 54.4 Å². The fourth-order valence-electron chi connectivity index (χ4n) is 1.83. The highest BCUT2D eigenvalue weighted by molar-refractivity contribution is 6.07. The minimum Gasteiger partial charge on any atom is -0.345 e. The minimum absolute atomic E-state index is 0.0553. The zero-order valence-corrected chi connectivity index (χ0v) is 13.3. The summed E-state index contributed by atoms with van der Waals surface area (Å²) >= 11 is 0. The van der Waals surface area contributed by atoms with Crippen molar-refractivity contribution in [2.24, 2.45) is 0 Å². The molecule has 24 heavy (non-hydrogen) atoms. The summed E-state index contributed by atoms with van der Waals surface area (Å²) in [6.07, 6.45) is 2.98. The maximum Gasteiger partial charge on any atom is 0.267 e. The van der Waals surface area contributed by atoms with Crippen molar-refractivity contribution < 1.29 is 9.59 Å². The van der Waals surface area contributed by atoms with Crippen molar-refractivity contribution in [3.63, 3.8) is 0 Å². The van der Waals surface area contributed by atoms with Crippen LogP contribution in [-0.2, 0) is 4.79 Å². The van der Waals surface area contributed by atoms with Crippen LogP contribution in [0.4, 0.5) is 11.5 Å². The number of carbonyl (C=O) groups excluding carboxylic acids is 2. The van der Waals surface area contributed by atoms with E-state index in [1.54, 1.807) is 36.5 Å². The first-order valence-electron chi connectivity index (χ1n) is 7.21. The van der Waals surface area contributed by atoms with Crippen molar-refractivity contribution in [2.45, 2.75) is 13.8 Å². The summed E-state index contributed by atoms with van der Waals surface area (Å²) in [6.45, 7) is 3.38. The average molecular weight is 320 g/mol. The Kier molecular flexibility index (Phi) is 5.42. The molecule has 0 radical (unpaired) electrons. The standard InChI is InChI=1S/C18H16N4O2/c1-12-3-8-17(20-10-12)21-11-15(9-19)18(24)22-16-6-4-14(5-7-16)13(2)23/h3-8,10-11H,1-2H3,(H,20,21)(H,22,24)/b15-11-. The molecule has 0 aliphatic rings. The van der Waals surface area contributed by atoms with Gasteiger partial charge in [0.05, 0.1) is 0 Å². The number of carbonyl (C=O) groups is 2. The summed E-state index contributed by atoms with van der Waals surface area (Å²) in [6, 6.07) is 11.9. The van der Waals surface area contributed by atoms with Crippen LogP contribution in [0.5, 0.6) is 0 Å². The van der Waals surface area contributed by atoms with Crippen molar-refractivity contribution in [1.82, 2.24) is 4.98 Å². The highest BCUT2D eigenvalue weighted by Crippen LogP contribution is 2.12. The molecule has 0 aliphatic carbocycles. The van der Waals surface area contributed by atoms with E-state index in [0.717, 1.165) is 5.56 Å². The van der Waals surface area contributed by atoms with E-state index < -0.39 is 5.91 Å². The molecule has 0 atom stereocenters. The number of hydrogen-bond donors (Lipinski definition) is 2. The Morgan fingerprint density at radius 3 is 2.42 bits per heavy atom. The van der Waals surface area contributed by atoms with Crippen LogP contribution >= 0.6 is 0 Å². The highest BCUT2D eigenvalue weighted by atomic mass is 16.1. The fraction of sp³-hybridized carbons (Fsp3) is 0.111. The molecule has 0 saturated carbocycles. The highest BCUT2D eigenvalue weighted by Gasteiger charge is 2.09. The second-order valence-electron chi connectivity index (χ2n) is 5.12. The molecular weight excluding hydrogens is 304 g/mol. The van der Waals surface area contributed by atoms with Crippen LogP contribution < -0.4 is 10.6 Å². The molecule has 0 unspecified atom stereocenters. The molecule has 1 aromatic heterocycles. The number of aryl methyl sites for hydroxylation is 1. The smallest absolute Gasteiger partial charge is 0.267 e. The van der Waals surface area contributed by atoms with Gasteiger partial charge in [-0.1, -0.05) is 6.07 Å². The number of nitriles is 1. The van der Waals surface area contributed by atoms with E-state index in [2.05, 4.69) is 15.6 Å². The SMILES string of the molecule is CC(=O)c1ccc(NC(=O)/C(C#N)=C\Nc2ccc(C)cn2)cc1. The van der Waals surface area contributed by atoms with Gasteiger partial charge >= 0.3 is 0 Å². The number of nitrogens with one attached hydrogen (secondary N) is 2. The monoisotopic (exact) mass is 320 g/mol. The minimum atomic E-state index is -0.548. The molecule has 1 amide bonds. The predicted octanol–water partition coefficient (Wildman–Crippen LogP) is 3.05. The zero-order valence-electron chi connectivity index (χ0n) is 13.3. The molecule has 2 aromatic rings. The van der Waals surface area contributed by atoms with Gasteiger partial charge in [-0.25, -0.2) is 4.98 Å². The van der Waals surface area contributed by atoms with Crippen LogP contribution in [0.3, 0.4) is 0 Å². The van der Waals surface area contributed by atoms with Crippen LogP contribution in [0.1, 0.15) is 22.8 Å². The predicted molar refractivity (Wildman–Crippen MR) is 91.4 cm³/mol. The van der Waals surface area contributed by atoms with Gasteiger partial charge in [-0.15, -0.1) is 0 Å². The first-order valence-corrected chi connectivity index (χ1v) is 7.21. The van der Waals surface area contributed by atoms with Crippen LogP contribution in [0, 0.1) is 18.3 Å². The summed E-state index contributed by atoms with van der Waals surface area (Å²) in [5, 5.41) is 14.5. The van der Waals surface area contributed by atoms with Gasteiger partial charge in [0.1, 0.15) is 17.5 Å². The van der Waals surface area contributed by atoms with Gasteiger partial charge in [0.2, 0.25) is 0 Å². The Morgan fingerprint density at radius 2 is 1.88 bits per heavy atom. The van der Waals surface area contributed by atoms with Crippen LogP contribution in [-0.4, -0.2) is 16.7 Å². The summed E-state index contributed by atoms with van der Waals surface area (Å²) in [7, 11) is 0. The number of ketones is 1. The number of rotatable bonds is 5. The normalized spacial score (nSPS) is 10.6. The van der Waals surface area contributed by atoms with Crippen molar-refractivity contribution in [3.8, 4) is 6.07 Å². The van der Waals surface area contributed by atoms with E-state index in [-0.39, 0.29) is 11.4 Å². The second kappa shape index (κ2) is 7.70. The third kappa shape index (κ3) is 4.52. The van der Waals surface area contributed by atoms with Gasteiger partial charge in [0.25, 0.3) is 5.91 Å². The topological polar surface area (TPSA) is 94.9 Å². The lowest BCUT2D eigenvalue weighted by atomic mass is 10.1. The Morgan fingerprint density at radius 1 is 1.17 bits per heavy atom. The summed E-state index contributed by atoms with van der Waals surface area (Å²) in [4.78, 5) is 27.5. The molecular formula is C18H16N4O2. The summed E-state index contributed by atoms with van der Waals surface area (Å²) in [5.41, 5.74) is 1.97. The number of Topliss-reactive ketones (excluding diaryl/α,β-unsaturated/α-hetero) is 1. The third-order valence-electron chi connectivity index (χ3n) is 3.19. The fourth-order valence-corrected chi connectivity index (χ4v) is 1.83. The van der Waals surface area contributed by atoms with Crippen molar-refractivity contribution >= 4 is 23.2 Å². The van der Waals surface area contributed by atoms with E-state index >= 15 is 0 Å².